The van der Waals surface area contributed by atoms with Crippen LogP contribution in [0.25, 0.3) is 0 Å². The van der Waals surface area contributed by atoms with Crippen molar-refractivity contribution >= 4 is 11.9 Å². The molecule has 2 atom stereocenters. The summed E-state index contributed by atoms with van der Waals surface area (Å²) >= 11 is 0. The summed E-state index contributed by atoms with van der Waals surface area (Å²) in [6.07, 6.45) is 1.45. The van der Waals surface area contributed by atoms with Gasteiger partial charge in [-0.15, -0.1) is 10.2 Å². The van der Waals surface area contributed by atoms with Gasteiger partial charge in [0, 0.05) is 6.54 Å². The highest BCUT2D eigenvalue weighted by Gasteiger charge is 2.35. The molecule has 0 saturated heterocycles. The van der Waals surface area contributed by atoms with Gasteiger partial charge in [-0.25, -0.2) is 0 Å². The van der Waals surface area contributed by atoms with Gasteiger partial charge in [0.05, 0.1) is 25.4 Å². The van der Waals surface area contributed by atoms with Crippen LogP contribution in [0.2, 0.25) is 0 Å². The van der Waals surface area contributed by atoms with E-state index in [2.05, 4.69) is 15.5 Å². The molecular weight excluding hydrogens is 398 g/mol. The highest BCUT2D eigenvalue weighted by atomic mass is 16.5. The van der Waals surface area contributed by atoms with Gasteiger partial charge in [-0.1, -0.05) is 30.3 Å². The average molecular weight is 430 g/mol. The fourth-order valence-electron chi connectivity index (χ4n) is 3.52. The number of aromatic nitrogens is 3. The van der Waals surface area contributed by atoms with Gasteiger partial charge < -0.3 is 25.1 Å². The van der Waals surface area contributed by atoms with Crippen molar-refractivity contribution in [2.24, 2.45) is 5.73 Å². The van der Waals surface area contributed by atoms with Crippen molar-refractivity contribution in [3.8, 4) is 0 Å². The zero-order valence-corrected chi connectivity index (χ0v) is 18.3. The first kappa shape index (κ1) is 22.9. The summed E-state index contributed by atoms with van der Waals surface area (Å²) in [5, 5.41) is 11.5. The Morgan fingerprint density at radius 2 is 2.03 bits per heavy atom. The normalized spacial score (nSPS) is 17.0. The maximum Gasteiger partial charge on any atom is 0.316 e. The van der Waals surface area contributed by atoms with Gasteiger partial charge in [0.2, 0.25) is 5.91 Å². The van der Waals surface area contributed by atoms with Gasteiger partial charge in [0.15, 0.2) is 5.82 Å². The fourth-order valence-corrected chi connectivity index (χ4v) is 3.52. The maximum absolute atomic E-state index is 12.6. The molecule has 0 fully saturated rings. The number of amides is 1. The third-order valence-corrected chi connectivity index (χ3v) is 5.16. The van der Waals surface area contributed by atoms with Crippen LogP contribution in [-0.4, -0.2) is 45.4 Å². The molecule has 2 heterocycles. The molecule has 2 aromatic rings. The van der Waals surface area contributed by atoms with Crippen LogP contribution in [0.5, 0.6) is 0 Å². The minimum Gasteiger partial charge on any atom is -0.465 e. The molecule has 0 aliphatic carbocycles. The molecule has 3 rings (SSSR count). The van der Waals surface area contributed by atoms with Gasteiger partial charge in [0.1, 0.15) is 17.8 Å². The molecule has 9 heteroatoms. The highest BCUT2D eigenvalue weighted by molar-refractivity contribution is 5.85. The number of nitrogens with two attached hydrogens (primary N) is 1. The summed E-state index contributed by atoms with van der Waals surface area (Å²) in [6.45, 7) is 6.62. The van der Waals surface area contributed by atoms with Crippen LogP contribution in [0.3, 0.4) is 0 Å². The summed E-state index contributed by atoms with van der Waals surface area (Å²) in [7, 11) is 0. The standard InChI is InChI=1S/C22H31N5O4/c1-4-31-20(28)16-11-8-12-27-18(16)25-26-19(27)17(24-21(29)22(2,3)23)14-30-13-15-9-6-5-7-10-15/h5-7,9-10,16-17H,4,8,11-14,23H2,1-3H3,(H,24,29). The SMILES string of the molecule is CCOC(=O)C1CCCn2c(C(COCc3ccccc3)NC(=O)C(C)(C)N)nnc21. The van der Waals surface area contributed by atoms with Crippen LogP contribution >= 0.6 is 0 Å². The van der Waals surface area contributed by atoms with E-state index in [1.165, 1.54) is 0 Å². The van der Waals surface area contributed by atoms with Crippen LogP contribution in [-0.2, 0) is 32.2 Å². The molecule has 0 radical (unpaired) electrons. The minimum atomic E-state index is -1.06. The van der Waals surface area contributed by atoms with Crippen molar-refractivity contribution in [3.05, 3.63) is 47.5 Å². The van der Waals surface area contributed by atoms with Crippen LogP contribution in [0.1, 0.15) is 62.8 Å². The topological polar surface area (TPSA) is 121 Å². The molecule has 0 bridgehead atoms. The Morgan fingerprint density at radius 3 is 2.71 bits per heavy atom. The summed E-state index contributed by atoms with van der Waals surface area (Å²) in [6, 6.07) is 9.22. The molecular formula is C22H31N5O4. The Labute approximate surface area is 182 Å². The van der Waals surface area contributed by atoms with Crippen LogP contribution < -0.4 is 11.1 Å². The van der Waals surface area contributed by atoms with Crippen molar-refractivity contribution in [3.63, 3.8) is 0 Å². The van der Waals surface area contributed by atoms with Crippen LogP contribution in [0.4, 0.5) is 0 Å². The minimum absolute atomic E-state index is 0.193. The van der Waals surface area contributed by atoms with Gasteiger partial charge in [0.25, 0.3) is 0 Å². The van der Waals surface area contributed by atoms with Crippen molar-refractivity contribution in [2.75, 3.05) is 13.2 Å². The number of carbonyl (C=O) groups excluding carboxylic acids is 2. The molecule has 1 aliphatic rings. The zero-order chi connectivity index (χ0) is 22.4. The van der Waals surface area contributed by atoms with Gasteiger partial charge in [-0.2, -0.15) is 0 Å². The molecule has 2 unspecified atom stereocenters. The Kier molecular flexibility index (Phi) is 7.40. The average Bonchev–Trinajstić information content (AvgIpc) is 3.17. The molecule has 1 amide bonds. The Balaban J connectivity index is 1.81. The molecule has 0 saturated carbocycles. The predicted molar refractivity (Wildman–Crippen MR) is 114 cm³/mol. The number of nitrogens with zero attached hydrogens (tertiary/aromatic N) is 3. The number of esters is 1. The smallest absolute Gasteiger partial charge is 0.316 e. The summed E-state index contributed by atoms with van der Waals surface area (Å²) in [5.41, 5.74) is 5.94. The van der Waals surface area contributed by atoms with E-state index in [0.717, 1.165) is 12.0 Å². The molecule has 0 spiro atoms. The number of hydrogen-bond donors (Lipinski definition) is 2. The maximum atomic E-state index is 12.6. The van der Waals surface area contributed by atoms with Crippen molar-refractivity contribution in [1.29, 1.82) is 0 Å². The molecule has 168 valence electrons. The van der Waals surface area contributed by atoms with Crippen LogP contribution in [0.15, 0.2) is 30.3 Å². The fraction of sp³-hybridized carbons (Fsp3) is 0.545. The summed E-state index contributed by atoms with van der Waals surface area (Å²) in [5.74, 6) is 0.0356. The van der Waals surface area contributed by atoms with Crippen molar-refractivity contribution in [2.45, 2.75) is 64.3 Å². The lowest BCUT2D eigenvalue weighted by atomic mass is 9.98. The third kappa shape index (κ3) is 5.68. The van der Waals surface area contributed by atoms with E-state index in [1.807, 2.05) is 34.9 Å². The lowest BCUT2D eigenvalue weighted by Crippen LogP contribution is -2.51. The zero-order valence-electron chi connectivity index (χ0n) is 18.3. The van der Waals surface area contributed by atoms with Gasteiger partial charge in [-0.3, -0.25) is 9.59 Å². The van der Waals surface area contributed by atoms with Crippen molar-refractivity contribution in [1.82, 2.24) is 20.1 Å². The Hall–Kier alpha value is -2.78. The third-order valence-electron chi connectivity index (χ3n) is 5.16. The van der Waals surface area contributed by atoms with E-state index in [0.29, 0.717) is 37.8 Å². The first-order chi connectivity index (χ1) is 14.8. The second-order valence-electron chi connectivity index (χ2n) is 8.26. The lowest BCUT2D eigenvalue weighted by molar-refractivity contribution is -0.145. The van der Waals surface area contributed by atoms with E-state index in [1.54, 1.807) is 20.8 Å². The van der Waals surface area contributed by atoms with Crippen LogP contribution in [0, 0.1) is 0 Å². The number of ether oxygens (including phenoxy) is 2. The number of fused-ring (bicyclic) bond motifs is 1. The van der Waals surface area contributed by atoms with E-state index in [9.17, 15) is 9.59 Å². The largest absolute Gasteiger partial charge is 0.465 e. The predicted octanol–water partition coefficient (Wildman–Crippen LogP) is 1.83. The summed E-state index contributed by atoms with van der Waals surface area (Å²) < 4.78 is 13.0. The Morgan fingerprint density at radius 1 is 1.29 bits per heavy atom. The monoisotopic (exact) mass is 429 g/mol. The van der Waals surface area contributed by atoms with E-state index < -0.39 is 17.5 Å². The van der Waals surface area contributed by atoms with Crippen molar-refractivity contribution < 1.29 is 19.1 Å². The molecule has 9 nitrogen and oxygen atoms in total. The molecule has 3 N–H and O–H groups in total. The van der Waals surface area contributed by atoms with Gasteiger partial charge in [-0.05, 0) is 39.2 Å². The molecule has 1 aliphatic heterocycles. The van der Waals surface area contributed by atoms with E-state index in [4.69, 9.17) is 15.2 Å². The number of rotatable bonds is 9. The second kappa shape index (κ2) is 10.0. The van der Waals surface area contributed by atoms with E-state index >= 15 is 0 Å². The first-order valence-electron chi connectivity index (χ1n) is 10.6. The number of benzene rings is 1. The number of hydrogen-bond acceptors (Lipinski definition) is 7. The molecule has 1 aromatic carbocycles. The molecule has 1 aromatic heterocycles. The number of nitrogens with one attached hydrogen (secondary N) is 1. The van der Waals surface area contributed by atoms with Gasteiger partial charge >= 0.3 is 5.97 Å². The first-order valence-corrected chi connectivity index (χ1v) is 10.6. The lowest BCUT2D eigenvalue weighted by Gasteiger charge is -2.27. The second-order valence-corrected chi connectivity index (χ2v) is 8.26. The Bertz CT molecular complexity index is 891. The number of carbonyl (C=O) groups is 2. The summed E-state index contributed by atoms with van der Waals surface area (Å²) in [4.78, 5) is 25.0. The van der Waals surface area contributed by atoms with E-state index in [-0.39, 0.29) is 18.5 Å². The molecule has 31 heavy (non-hydrogen) atoms. The highest BCUT2D eigenvalue weighted by Crippen LogP contribution is 2.29. The quantitative estimate of drug-likeness (QED) is 0.583.